The fourth-order valence-electron chi connectivity index (χ4n) is 2.73. The van der Waals surface area contributed by atoms with Crippen molar-refractivity contribution in [3.8, 4) is 17.2 Å². The van der Waals surface area contributed by atoms with E-state index in [4.69, 9.17) is 60.6 Å². The Labute approximate surface area is 221 Å². The molecule has 0 spiro atoms. The first-order chi connectivity index (χ1) is 16.7. The molecule has 1 unspecified atom stereocenters. The number of carbonyl (C=O) groups is 2. The van der Waals surface area contributed by atoms with Gasteiger partial charge in [0.15, 0.2) is 17.6 Å². The molecule has 0 heterocycles. The van der Waals surface area contributed by atoms with E-state index < -0.39 is 18.0 Å². The number of nitrogens with zero attached hydrogens (tertiary/aromatic N) is 1. The van der Waals surface area contributed by atoms with E-state index in [1.165, 1.54) is 43.7 Å². The fourth-order valence-corrected chi connectivity index (χ4v) is 3.67. The van der Waals surface area contributed by atoms with Gasteiger partial charge in [-0.1, -0.05) is 46.4 Å². The minimum Gasteiger partial charge on any atom is -0.493 e. The van der Waals surface area contributed by atoms with Crippen LogP contribution in [0.4, 0.5) is 0 Å². The topological polar surface area (TPSA) is 86.2 Å². The zero-order chi connectivity index (χ0) is 25.5. The van der Waals surface area contributed by atoms with Crippen LogP contribution in [0.15, 0.2) is 59.7 Å². The largest absolute Gasteiger partial charge is 0.493 e. The van der Waals surface area contributed by atoms with Gasteiger partial charge in [0.25, 0.3) is 5.91 Å². The second-order valence-electron chi connectivity index (χ2n) is 6.99. The minimum atomic E-state index is -0.873. The molecule has 0 saturated heterocycles. The van der Waals surface area contributed by atoms with Gasteiger partial charge in [0.2, 0.25) is 0 Å². The minimum absolute atomic E-state index is 0.155. The molecule has 0 radical (unpaired) electrons. The molecule has 0 aliphatic heterocycles. The van der Waals surface area contributed by atoms with Gasteiger partial charge in [-0.25, -0.2) is 10.2 Å². The monoisotopic (exact) mass is 554 g/mol. The molecule has 182 valence electrons. The van der Waals surface area contributed by atoms with E-state index >= 15 is 0 Å². The van der Waals surface area contributed by atoms with Crippen LogP contribution in [0.3, 0.4) is 0 Å². The molecule has 0 aliphatic carbocycles. The van der Waals surface area contributed by atoms with Crippen molar-refractivity contribution in [1.82, 2.24) is 5.43 Å². The Morgan fingerprint density at radius 3 is 2.20 bits per heavy atom. The molecule has 7 nitrogen and oxygen atoms in total. The zero-order valence-corrected chi connectivity index (χ0v) is 21.4. The molecule has 0 bridgehead atoms. The van der Waals surface area contributed by atoms with Crippen LogP contribution in [0.2, 0.25) is 20.1 Å². The third-order valence-corrected chi connectivity index (χ3v) is 5.57. The standard InChI is InChI=1S/C24H18Cl4N2O5/c1-13(34-20-8-5-16(26)11-19(20)28)23(31)30-29-12-14-3-7-21(22(9-14)33-2)35-24(32)17-6-4-15(25)10-18(17)27/h3-13H,1-2H3,(H,30,31)/b29-12+. The first kappa shape index (κ1) is 26.6. The number of hydrogen-bond acceptors (Lipinski definition) is 6. The van der Waals surface area contributed by atoms with E-state index in [9.17, 15) is 9.59 Å². The Kier molecular flexibility index (Phi) is 9.23. The van der Waals surface area contributed by atoms with Gasteiger partial charge >= 0.3 is 5.97 Å². The van der Waals surface area contributed by atoms with Crippen LogP contribution in [0.25, 0.3) is 0 Å². The summed E-state index contributed by atoms with van der Waals surface area (Å²) in [5.74, 6) is -0.408. The molecule has 3 aromatic rings. The van der Waals surface area contributed by atoms with Gasteiger partial charge in [0.1, 0.15) is 5.75 Å². The third-order valence-electron chi connectivity index (χ3n) is 4.50. The van der Waals surface area contributed by atoms with Crippen LogP contribution in [-0.4, -0.2) is 31.3 Å². The predicted octanol–water partition coefficient (Wildman–Crippen LogP) is 6.45. The summed E-state index contributed by atoms with van der Waals surface area (Å²) in [5, 5.41) is 5.22. The number of methoxy groups -OCH3 is 1. The van der Waals surface area contributed by atoms with E-state index in [2.05, 4.69) is 10.5 Å². The zero-order valence-electron chi connectivity index (χ0n) is 18.4. The number of amides is 1. The number of carbonyl (C=O) groups excluding carboxylic acids is 2. The number of halogens is 4. The van der Waals surface area contributed by atoms with E-state index in [0.717, 1.165) is 0 Å². The summed E-state index contributed by atoms with van der Waals surface area (Å²) in [6.45, 7) is 1.55. The summed E-state index contributed by atoms with van der Waals surface area (Å²) in [7, 11) is 1.42. The Hall–Kier alpha value is -2.97. The SMILES string of the molecule is COc1cc(/C=N/NC(=O)C(C)Oc2ccc(Cl)cc2Cl)ccc1OC(=O)c1ccc(Cl)cc1Cl. The van der Waals surface area contributed by atoms with Gasteiger partial charge in [-0.3, -0.25) is 4.79 Å². The van der Waals surface area contributed by atoms with Crippen LogP contribution in [0.1, 0.15) is 22.8 Å². The summed E-state index contributed by atoms with van der Waals surface area (Å²) in [5.41, 5.74) is 3.11. The van der Waals surface area contributed by atoms with E-state index in [1.807, 2.05) is 0 Å². The highest BCUT2D eigenvalue weighted by Crippen LogP contribution is 2.30. The molecule has 0 saturated carbocycles. The van der Waals surface area contributed by atoms with Gasteiger partial charge in [0.05, 0.1) is 28.9 Å². The molecule has 3 rings (SSSR count). The Bertz CT molecular complexity index is 1280. The normalized spacial score (nSPS) is 11.7. The quantitative estimate of drug-likeness (QED) is 0.149. The number of nitrogens with one attached hydrogen (secondary N) is 1. The lowest BCUT2D eigenvalue weighted by atomic mass is 10.2. The molecule has 11 heteroatoms. The van der Waals surface area contributed by atoms with Gasteiger partial charge in [-0.2, -0.15) is 5.10 Å². The van der Waals surface area contributed by atoms with E-state index in [-0.39, 0.29) is 27.1 Å². The van der Waals surface area contributed by atoms with Crippen LogP contribution < -0.4 is 19.6 Å². The van der Waals surface area contributed by atoms with Crippen molar-refractivity contribution in [2.45, 2.75) is 13.0 Å². The highest BCUT2D eigenvalue weighted by Gasteiger charge is 2.17. The second-order valence-corrected chi connectivity index (χ2v) is 8.68. The molecule has 0 aromatic heterocycles. The van der Waals surface area contributed by atoms with Crippen molar-refractivity contribution in [3.63, 3.8) is 0 Å². The molecule has 1 N–H and O–H groups in total. The average molecular weight is 556 g/mol. The number of esters is 1. The van der Waals surface area contributed by atoms with Crippen LogP contribution >= 0.6 is 46.4 Å². The number of benzene rings is 3. The summed E-state index contributed by atoms with van der Waals surface area (Å²) in [6, 6.07) is 13.9. The summed E-state index contributed by atoms with van der Waals surface area (Å²) in [6.07, 6.45) is 0.520. The Morgan fingerprint density at radius 2 is 1.54 bits per heavy atom. The van der Waals surface area contributed by atoms with Crippen LogP contribution in [0, 0.1) is 0 Å². The smallest absolute Gasteiger partial charge is 0.345 e. The van der Waals surface area contributed by atoms with Gasteiger partial charge < -0.3 is 14.2 Å². The van der Waals surface area contributed by atoms with E-state index in [1.54, 1.807) is 31.2 Å². The molecule has 0 fully saturated rings. The van der Waals surface area contributed by atoms with Crippen LogP contribution in [-0.2, 0) is 4.79 Å². The summed E-state index contributed by atoms with van der Waals surface area (Å²) >= 11 is 23.8. The van der Waals surface area contributed by atoms with Crippen molar-refractivity contribution in [2.24, 2.45) is 5.10 Å². The van der Waals surface area contributed by atoms with Crippen molar-refractivity contribution in [1.29, 1.82) is 0 Å². The lowest BCUT2D eigenvalue weighted by Gasteiger charge is -2.14. The molecular formula is C24H18Cl4N2O5. The van der Waals surface area contributed by atoms with Crippen molar-refractivity contribution < 1.29 is 23.8 Å². The second kappa shape index (κ2) is 12.1. The van der Waals surface area contributed by atoms with Gasteiger partial charge in [-0.05, 0) is 67.1 Å². The first-order valence-electron chi connectivity index (χ1n) is 9.98. The number of ether oxygens (including phenoxy) is 3. The molecule has 1 amide bonds. The van der Waals surface area contributed by atoms with Crippen molar-refractivity contribution in [3.05, 3.63) is 85.8 Å². The third kappa shape index (κ3) is 7.26. The number of hydrazone groups is 1. The van der Waals surface area contributed by atoms with Crippen molar-refractivity contribution >= 4 is 64.5 Å². The fraction of sp³-hybridized carbons (Fsp3) is 0.125. The van der Waals surface area contributed by atoms with Crippen molar-refractivity contribution in [2.75, 3.05) is 7.11 Å². The Balaban J connectivity index is 1.62. The highest BCUT2D eigenvalue weighted by molar-refractivity contribution is 6.36. The maximum absolute atomic E-state index is 12.5. The van der Waals surface area contributed by atoms with Gasteiger partial charge in [0, 0.05) is 10.0 Å². The molecular weight excluding hydrogens is 538 g/mol. The maximum atomic E-state index is 12.5. The average Bonchev–Trinajstić information content (AvgIpc) is 2.81. The lowest BCUT2D eigenvalue weighted by Crippen LogP contribution is -2.33. The van der Waals surface area contributed by atoms with Crippen LogP contribution in [0.5, 0.6) is 17.2 Å². The molecule has 35 heavy (non-hydrogen) atoms. The summed E-state index contributed by atoms with van der Waals surface area (Å²) in [4.78, 5) is 24.8. The van der Waals surface area contributed by atoms with Gasteiger partial charge in [-0.15, -0.1) is 0 Å². The Morgan fingerprint density at radius 1 is 0.886 bits per heavy atom. The number of rotatable bonds is 8. The lowest BCUT2D eigenvalue weighted by molar-refractivity contribution is -0.127. The molecule has 3 aromatic carbocycles. The summed E-state index contributed by atoms with van der Waals surface area (Å²) < 4.78 is 16.2. The molecule has 1 atom stereocenters. The number of hydrogen-bond donors (Lipinski definition) is 1. The maximum Gasteiger partial charge on any atom is 0.345 e. The highest BCUT2D eigenvalue weighted by atomic mass is 35.5. The predicted molar refractivity (Wildman–Crippen MR) is 137 cm³/mol. The molecule has 0 aliphatic rings. The van der Waals surface area contributed by atoms with E-state index in [0.29, 0.717) is 21.4 Å². The first-order valence-corrected chi connectivity index (χ1v) is 11.5.